The van der Waals surface area contributed by atoms with Gasteiger partial charge in [-0.1, -0.05) is 35.9 Å². The third kappa shape index (κ3) is 5.62. The molecule has 0 atom stereocenters. The van der Waals surface area contributed by atoms with Crippen LogP contribution in [0.3, 0.4) is 0 Å². The molecule has 5 heteroatoms. The SMILES string of the molecule is Cc1cccc(OCCNC(=O)CSc2ccccc2Cl)c1. The molecule has 0 aliphatic carbocycles. The summed E-state index contributed by atoms with van der Waals surface area (Å²) >= 11 is 7.47. The van der Waals surface area contributed by atoms with Gasteiger partial charge in [0.25, 0.3) is 0 Å². The molecule has 0 aliphatic rings. The summed E-state index contributed by atoms with van der Waals surface area (Å²) < 4.78 is 5.58. The van der Waals surface area contributed by atoms with Gasteiger partial charge in [-0.05, 0) is 36.8 Å². The highest BCUT2D eigenvalue weighted by molar-refractivity contribution is 8.00. The highest BCUT2D eigenvalue weighted by atomic mass is 35.5. The number of benzene rings is 2. The molecule has 0 aromatic heterocycles. The zero-order valence-electron chi connectivity index (χ0n) is 12.3. The Bertz CT molecular complexity index is 634. The van der Waals surface area contributed by atoms with E-state index in [0.717, 1.165) is 16.2 Å². The minimum atomic E-state index is -0.0299. The molecule has 1 amide bonds. The summed E-state index contributed by atoms with van der Waals surface area (Å²) in [6, 6.07) is 15.3. The smallest absolute Gasteiger partial charge is 0.230 e. The number of amides is 1. The number of thioether (sulfide) groups is 1. The number of hydrogen-bond acceptors (Lipinski definition) is 3. The lowest BCUT2D eigenvalue weighted by Crippen LogP contribution is -2.29. The molecule has 0 bridgehead atoms. The van der Waals surface area contributed by atoms with Gasteiger partial charge < -0.3 is 10.1 Å². The third-order valence-corrected chi connectivity index (χ3v) is 4.39. The summed E-state index contributed by atoms with van der Waals surface area (Å²) in [5.41, 5.74) is 1.15. The molecule has 0 radical (unpaired) electrons. The summed E-state index contributed by atoms with van der Waals surface area (Å²) in [6.07, 6.45) is 0. The van der Waals surface area contributed by atoms with Crippen molar-refractivity contribution >= 4 is 29.3 Å². The zero-order chi connectivity index (χ0) is 15.8. The Labute approximate surface area is 140 Å². The molecule has 1 N–H and O–H groups in total. The number of carbonyl (C=O) groups is 1. The summed E-state index contributed by atoms with van der Waals surface area (Å²) in [7, 11) is 0. The van der Waals surface area contributed by atoms with Gasteiger partial charge in [0, 0.05) is 4.90 Å². The van der Waals surface area contributed by atoms with Crippen molar-refractivity contribution in [3.8, 4) is 5.75 Å². The van der Waals surface area contributed by atoms with Gasteiger partial charge in [-0.25, -0.2) is 0 Å². The second-order valence-electron chi connectivity index (χ2n) is 4.73. The van der Waals surface area contributed by atoms with E-state index in [9.17, 15) is 4.79 Å². The van der Waals surface area contributed by atoms with E-state index in [1.165, 1.54) is 11.8 Å². The lowest BCUT2D eigenvalue weighted by atomic mass is 10.2. The Morgan fingerprint density at radius 1 is 1.23 bits per heavy atom. The Morgan fingerprint density at radius 3 is 2.82 bits per heavy atom. The molecule has 0 unspecified atom stereocenters. The highest BCUT2D eigenvalue weighted by Crippen LogP contribution is 2.26. The number of ether oxygens (including phenoxy) is 1. The van der Waals surface area contributed by atoms with E-state index < -0.39 is 0 Å². The van der Waals surface area contributed by atoms with Gasteiger partial charge in [0.2, 0.25) is 5.91 Å². The van der Waals surface area contributed by atoms with Crippen molar-refractivity contribution in [2.75, 3.05) is 18.9 Å². The molecular weight excluding hydrogens is 318 g/mol. The van der Waals surface area contributed by atoms with Crippen LogP contribution in [0.4, 0.5) is 0 Å². The minimum absolute atomic E-state index is 0.0299. The average Bonchev–Trinajstić information content (AvgIpc) is 2.51. The Morgan fingerprint density at radius 2 is 2.05 bits per heavy atom. The monoisotopic (exact) mass is 335 g/mol. The fraction of sp³-hybridized carbons (Fsp3) is 0.235. The maximum Gasteiger partial charge on any atom is 0.230 e. The lowest BCUT2D eigenvalue weighted by molar-refractivity contribution is -0.118. The van der Waals surface area contributed by atoms with Crippen molar-refractivity contribution in [1.82, 2.24) is 5.32 Å². The molecular formula is C17H18ClNO2S. The van der Waals surface area contributed by atoms with E-state index in [1.807, 2.05) is 55.5 Å². The first-order valence-electron chi connectivity index (χ1n) is 6.98. The van der Waals surface area contributed by atoms with Crippen molar-refractivity contribution in [2.24, 2.45) is 0 Å². The first-order chi connectivity index (χ1) is 10.6. The second-order valence-corrected chi connectivity index (χ2v) is 6.16. The summed E-state index contributed by atoms with van der Waals surface area (Å²) in [5, 5.41) is 3.50. The van der Waals surface area contributed by atoms with Gasteiger partial charge in [-0.15, -0.1) is 11.8 Å². The topological polar surface area (TPSA) is 38.3 Å². The van der Waals surface area contributed by atoms with Gasteiger partial charge in [0.15, 0.2) is 0 Å². The van der Waals surface area contributed by atoms with Crippen LogP contribution in [0.25, 0.3) is 0 Å². The van der Waals surface area contributed by atoms with E-state index in [2.05, 4.69) is 5.32 Å². The lowest BCUT2D eigenvalue weighted by Gasteiger charge is -2.08. The van der Waals surface area contributed by atoms with Crippen molar-refractivity contribution in [3.63, 3.8) is 0 Å². The number of aryl methyl sites for hydroxylation is 1. The van der Waals surface area contributed by atoms with Crippen LogP contribution < -0.4 is 10.1 Å². The summed E-state index contributed by atoms with van der Waals surface area (Å²) in [4.78, 5) is 12.7. The number of hydrogen-bond donors (Lipinski definition) is 1. The largest absolute Gasteiger partial charge is 0.492 e. The molecule has 2 aromatic rings. The third-order valence-electron chi connectivity index (χ3n) is 2.88. The maximum atomic E-state index is 11.8. The molecule has 0 saturated carbocycles. The van der Waals surface area contributed by atoms with E-state index in [4.69, 9.17) is 16.3 Å². The highest BCUT2D eigenvalue weighted by Gasteiger charge is 2.05. The number of carbonyl (C=O) groups excluding carboxylic acids is 1. The van der Waals surface area contributed by atoms with E-state index >= 15 is 0 Å². The predicted molar refractivity (Wildman–Crippen MR) is 91.9 cm³/mol. The van der Waals surface area contributed by atoms with Gasteiger partial charge in [0.05, 0.1) is 17.3 Å². The van der Waals surface area contributed by atoms with Crippen molar-refractivity contribution in [1.29, 1.82) is 0 Å². The molecule has 0 fully saturated rings. The van der Waals surface area contributed by atoms with Gasteiger partial charge in [-0.3, -0.25) is 4.79 Å². The standard InChI is InChI=1S/C17H18ClNO2S/c1-13-5-4-6-14(11-13)21-10-9-19-17(20)12-22-16-8-3-2-7-15(16)18/h2-8,11H,9-10,12H2,1H3,(H,19,20). The summed E-state index contributed by atoms with van der Waals surface area (Å²) in [5.74, 6) is 1.13. The molecule has 0 saturated heterocycles. The van der Waals surface area contributed by atoms with Crippen LogP contribution in [0.15, 0.2) is 53.4 Å². The van der Waals surface area contributed by atoms with E-state index in [-0.39, 0.29) is 5.91 Å². The van der Waals surface area contributed by atoms with Crippen LogP contribution in [0.2, 0.25) is 5.02 Å². The number of nitrogens with one attached hydrogen (secondary N) is 1. The summed E-state index contributed by atoms with van der Waals surface area (Å²) in [6.45, 7) is 2.95. The molecule has 3 nitrogen and oxygen atoms in total. The Hall–Kier alpha value is -1.65. The predicted octanol–water partition coefficient (Wildman–Crippen LogP) is 3.94. The van der Waals surface area contributed by atoms with Crippen LogP contribution in [0, 0.1) is 6.92 Å². The first kappa shape index (κ1) is 16.7. The van der Waals surface area contributed by atoms with Gasteiger partial charge in [-0.2, -0.15) is 0 Å². The van der Waals surface area contributed by atoms with E-state index in [1.54, 1.807) is 0 Å². The van der Waals surface area contributed by atoms with Crippen molar-refractivity contribution in [3.05, 3.63) is 59.1 Å². The van der Waals surface area contributed by atoms with Crippen LogP contribution in [0.5, 0.6) is 5.75 Å². The molecule has 116 valence electrons. The van der Waals surface area contributed by atoms with Crippen LogP contribution in [0.1, 0.15) is 5.56 Å². The van der Waals surface area contributed by atoms with Gasteiger partial charge in [0.1, 0.15) is 12.4 Å². The van der Waals surface area contributed by atoms with Crippen molar-refractivity contribution < 1.29 is 9.53 Å². The van der Waals surface area contributed by atoms with Crippen molar-refractivity contribution in [2.45, 2.75) is 11.8 Å². The molecule has 2 aromatic carbocycles. The number of halogens is 1. The molecule has 22 heavy (non-hydrogen) atoms. The molecule has 2 rings (SSSR count). The molecule has 0 spiro atoms. The Balaban J connectivity index is 1.65. The fourth-order valence-corrected chi connectivity index (χ4v) is 2.89. The van der Waals surface area contributed by atoms with Gasteiger partial charge >= 0.3 is 0 Å². The maximum absolute atomic E-state index is 11.8. The van der Waals surface area contributed by atoms with Crippen LogP contribution in [-0.2, 0) is 4.79 Å². The molecule has 0 aliphatic heterocycles. The van der Waals surface area contributed by atoms with Crippen LogP contribution in [-0.4, -0.2) is 24.8 Å². The number of rotatable bonds is 7. The quantitative estimate of drug-likeness (QED) is 0.615. The van der Waals surface area contributed by atoms with Crippen LogP contribution >= 0.6 is 23.4 Å². The Kier molecular flexibility index (Phi) is 6.62. The second kappa shape index (κ2) is 8.71. The average molecular weight is 336 g/mol. The fourth-order valence-electron chi connectivity index (χ4n) is 1.82. The first-order valence-corrected chi connectivity index (χ1v) is 8.35. The normalized spacial score (nSPS) is 10.3. The minimum Gasteiger partial charge on any atom is -0.492 e. The zero-order valence-corrected chi connectivity index (χ0v) is 13.9. The van der Waals surface area contributed by atoms with E-state index in [0.29, 0.717) is 23.9 Å². The molecule has 0 heterocycles.